The van der Waals surface area contributed by atoms with Crippen LogP contribution in [0.2, 0.25) is 5.02 Å². The van der Waals surface area contributed by atoms with Crippen molar-refractivity contribution >= 4 is 61.0 Å². The number of phenols is 1. The van der Waals surface area contributed by atoms with Crippen molar-refractivity contribution in [1.82, 2.24) is 0 Å². The largest absolute Gasteiger partial charge is 0.506 e. The first kappa shape index (κ1) is 19.5. The highest BCUT2D eigenvalue weighted by molar-refractivity contribution is 9.10. The van der Waals surface area contributed by atoms with E-state index in [1.165, 1.54) is 18.2 Å². The van der Waals surface area contributed by atoms with Crippen LogP contribution in [0, 0.1) is 11.8 Å². The molecule has 3 aromatic rings. The van der Waals surface area contributed by atoms with Crippen molar-refractivity contribution in [2.75, 3.05) is 4.90 Å². The molecule has 0 aromatic heterocycles. The summed E-state index contributed by atoms with van der Waals surface area (Å²) in [7, 11) is 0. The lowest BCUT2D eigenvalue weighted by Gasteiger charge is -2.55. The average Bonchev–Trinajstić information content (AvgIpc) is 3.05. The van der Waals surface area contributed by atoms with Crippen LogP contribution < -0.4 is 4.90 Å². The molecule has 2 atom stereocenters. The number of carbonyl (C=O) groups excluding carboxylic acids is 2. The summed E-state index contributed by atoms with van der Waals surface area (Å²) in [5.41, 5.74) is 3.96. The van der Waals surface area contributed by atoms with Crippen LogP contribution in [0.4, 0.5) is 5.69 Å². The van der Waals surface area contributed by atoms with Gasteiger partial charge in [0.1, 0.15) is 5.75 Å². The van der Waals surface area contributed by atoms with Crippen molar-refractivity contribution in [3.8, 4) is 5.75 Å². The van der Waals surface area contributed by atoms with Gasteiger partial charge in [0.2, 0.25) is 11.8 Å². The fourth-order valence-corrected chi connectivity index (χ4v) is 8.05. The van der Waals surface area contributed by atoms with Gasteiger partial charge in [-0.05, 0) is 40.5 Å². The highest BCUT2D eigenvalue weighted by Gasteiger charge is 2.72. The molecule has 2 amide bonds. The number of benzene rings is 3. The second-order valence-corrected chi connectivity index (χ2v) is 11.1. The molecular weight excluding hydrogens is 546 g/mol. The Labute approximate surface area is 200 Å². The minimum Gasteiger partial charge on any atom is -0.506 e. The Hall–Kier alpha value is -2.15. The lowest BCUT2D eigenvalue weighted by molar-refractivity contribution is -0.122. The van der Waals surface area contributed by atoms with Gasteiger partial charge in [-0.3, -0.25) is 9.59 Å². The topological polar surface area (TPSA) is 57.6 Å². The molecule has 0 saturated carbocycles. The number of aromatic hydroxyl groups is 1. The van der Waals surface area contributed by atoms with E-state index in [0.29, 0.717) is 5.02 Å². The van der Waals surface area contributed by atoms with Gasteiger partial charge in [0, 0.05) is 5.02 Å². The highest BCUT2D eigenvalue weighted by Crippen LogP contribution is 2.71. The van der Waals surface area contributed by atoms with Crippen LogP contribution in [-0.2, 0) is 18.2 Å². The van der Waals surface area contributed by atoms with Crippen molar-refractivity contribution in [2.24, 2.45) is 11.8 Å². The molecule has 154 valence electrons. The number of imide groups is 1. The van der Waals surface area contributed by atoms with Crippen LogP contribution in [0.25, 0.3) is 0 Å². The number of hydrogen-bond acceptors (Lipinski definition) is 3. The predicted octanol–water partition coefficient (Wildman–Crippen LogP) is 5.46. The number of amides is 2. The molecule has 0 radical (unpaired) electrons. The van der Waals surface area contributed by atoms with E-state index < -0.39 is 20.5 Å². The van der Waals surface area contributed by atoms with E-state index in [2.05, 4.69) is 31.9 Å². The van der Waals surface area contributed by atoms with E-state index in [-0.39, 0.29) is 23.3 Å². The summed E-state index contributed by atoms with van der Waals surface area (Å²) in [5.74, 6) is -2.28. The van der Waals surface area contributed by atoms with E-state index in [9.17, 15) is 14.7 Å². The minimum atomic E-state index is -0.865. The third-order valence-electron chi connectivity index (χ3n) is 6.76. The maximum atomic E-state index is 13.9. The van der Waals surface area contributed by atoms with Gasteiger partial charge < -0.3 is 5.11 Å². The van der Waals surface area contributed by atoms with Gasteiger partial charge in [-0.25, -0.2) is 4.90 Å². The van der Waals surface area contributed by atoms with Crippen LogP contribution in [0.15, 0.2) is 66.7 Å². The molecule has 4 aliphatic rings. The molecule has 7 rings (SSSR count). The monoisotopic (exact) mass is 557 g/mol. The fraction of sp³-hybridized carbons (Fsp3) is 0.167. The molecule has 3 aromatic carbocycles. The number of halogens is 3. The Morgan fingerprint density at radius 1 is 0.774 bits per heavy atom. The number of alkyl halides is 2. The standard InChI is InChI=1S/C24H14Br2ClNO3/c25-23-13-5-1-2-6-14(13)24(26,16-8-4-3-7-15(16)23)20-19(23)21(30)28(22(20)31)17-11-12(27)9-10-18(17)29/h1-11,19-20,29H/t19-,20-,23?,24?/m0/s1. The summed E-state index contributed by atoms with van der Waals surface area (Å²) in [6.45, 7) is 0. The molecule has 0 spiro atoms. The summed E-state index contributed by atoms with van der Waals surface area (Å²) >= 11 is 14.0. The minimum absolute atomic E-state index is 0.108. The van der Waals surface area contributed by atoms with Crippen molar-refractivity contribution in [1.29, 1.82) is 0 Å². The number of carbonyl (C=O) groups is 2. The normalized spacial score (nSPS) is 30.2. The lowest BCUT2D eigenvalue weighted by Crippen LogP contribution is -2.56. The maximum absolute atomic E-state index is 13.9. The molecule has 3 aliphatic carbocycles. The average molecular weight is 560 g/mol. The second-order valence-electron chi connectivity index (χ2n) is 8.11. The summed E-state index contributed by atoms with van der Waals surface area (Å²) < 4.78 is -1.73. The van der Waals surface area contributed by atoms with E-state index in [4.69, 9.17) is 11.6 Å². The number of anilines is 1. The lowest BCUT2D eigenvalue weighted by atomic mass is 9.54. The third kappa shape index (κ3) is 2.16. The van der Waals surface area contributed by atoms with E-state index in [1.54, 1.807) is 0 Å². The SMILES string of the molecule is O=C1[C@@H]2[C@@H](C(=O)N1c1cc(Cl)ccc1O)C1(Br)c3ccccc3C2(Br)c2ccccc21. The highest BCUT2D eigenvalue weighted by atomic mass is 79.9. The van der Waals surface area contributed by atoms with Crippen LogP contribution >= 0.6 is 43.5 Å². The molecule has 1 saturated heterocycles. The molecule has 1 fully saturated rings. The van der Waals surface area contributed by atoms with Gasteiger partial charge in [-0.1, -0.05) is 92.0 Å². The van der Waals surface area contributed by atoms with Crippen molar-refractivity contribution in [3.63, 3.8) is 0 Å². The molecule has 0 unspecified atom stereocenters. The van der Waals surface area contributed by atoms with Crippen LogP contribution in [0.1, 0.15) is 22.3 Å². The molecule has 31 heavy (non-hydrogen) atoms. The summed E-state index contributed by atoms with van der Waals surface area (Å²) in [5, 5.41) is 10.8. The van der Waals surface area contributed by atoms with Gasteiger partial charge in [-0.15, -0.1) is 0 Å². The van der Waals surface area contributed by atoms with Crippen molar-refractivity contribution in [3.05, 3.63) is 94.0 Å². The molecule has 1 N–H and O–H groups in total. The Balaban J connectivity index is 1.67. The number of nitrogens with zero attached hydrogens (tertiary/aromatic N) is 1. The summed E-state index contributed by atoms with van der Waals surface area (Å²) in [6, 6.07) is 20.2. The molecule has 1 aliphatic heterocycles. The van der Waals surface area contributed by atoms with Crippen LogP contribution in [0.5, 0.6) is 5.75 Å². The first-order valence-corrected chi connectivity index (χ1v) is 11.7. The first-order chi connectivity index (χ1) is 14.8. The Bertz CT molecular complexity index is 1200. The molecule has 7 heteroatoms. The zero-order valence-electron chi connectivity index (χ0n) is 15.9. The van der Waals surface area contributed by atoms with Crippen molar-refractivity contribution in [2.45, 2.75) is 8.65 Å². The van der Waals surface area contributed by atoms with Crippen LogP contribution in [0.3, 0.4) is 0 Å². The smallest absolute Gasteiger partial charge is 0.240 e. The summed E-state index contributed by atoms with van der Waals surface area (Å²) in [4.78, 5) is 28.8. The third-order valence-corrected chi connectivity index (χ3v) is 9.69. The Morgan fingerprint density at radius 2 is 1.19 bits per heavy atom. The van der Waals surface area contributed by atoms with Crippen molar-refractivity contribution < 1.29 is 14.7 Å². The Kier molecular flexibility index (Phi) is 3.91. The van der Waals surface area contributed by atoms with Crippen LogP contribution in [-0.4, -0.2) is 16.9 Å². The number of phenolic OH excluding ortho intramolecular Hbond substituents is 1. The van der Waals surface area contributed by atoms with Gasteiger partial charge in [0.05, 0.1) is 26.2 Å². The summed E-state index contributed by atoms with van der Waals surface area (Å²) in [6.07, 6.45) is 0. The Morgan fingerprint density at radius 3 is 1.61 bits per heavy atom. The van der Waals surface area contributed by atoms with E-state index in [0.717, 1.165) is 27.2 Å². The maximum Gasteiger partial charge on any atom is 0.240 e. The van der Waals surface area contributed by atoms with E-state index in [1.807, 2.05) is 48.5 Å². The fourth-order valence-electron chi connectivity index (χ4n) is 5.58. The number of rotatable bonds is 1. The van der Waals surface area contributed by atoms with Gasteiger partial charge in [-0.2, -0.15) is 0 Å². The molecule has 1 heterocycles. The quantitative estimate of drug-likeness (QED) is 0.319. The van der Waals surface area contributed by atoms with Gasteiger partial charge >= 0.3 is 0 Å². The molecular formula is C24H14Br2ClNO3. The molecule has 2 bridgehead atoms. The first-order valence-electron chi connectivity index (χ1n) is 9.75. The zero-order chi connectivity index (χ0) is 21.7. The van der Waals surface area contributed by atoms with Gasteiger partial charge in [0.15, 0.2) is 0 Å². The molecule has 4 nitrogen and oxygen atoms in total. The zero-order valence-corrected chi connectivity index (χ0v) is 19.8. The number of hydrogen-bond donors (Lipinski definition) is 1. The predicted molar refractivity (Wildman–Crippen MR) is 125 cm³/mol. The van der Waals surface area contributed by atoms with E-state index >= 15 is 0 Å². The second kappa shape index (κ2) is 6.21. The van der Waals surface area contributed by atoms with Gasteiger partial charge in [0.25, 0.3) is 0 Å².